The molecule has 0 aromatic heterocycles. The van der Waals surface area contributed by atoms with Crippen LogP contribution in [0.3, 0.4) is 0 Å². The molecule has 2 aromatic carbocycles. The average Bonchev–Trinajstić information content (AvgIpc) is 3.00. The molecule has 27 heavy (non-hydrogen) atoms. The van der Waals surface area contributed by atoms with Gasteiger partial charge in [-0.3, -0.25) is 4.79 Å². The minimum Gasteiger partial charge on any atom is -0.331 e. The van der Waals surface area contributed by atoms with Crippen molar-refractivity contribution in [1.82, 2.24) is 5.32 Å². The van der Waals surface area contributed by atoms with Crippen LogP contribution in [0.4, 0.5) is 25.0 Å². The lowest BCUT2D eigenvalue weighted by atomic mass is 10.1. The minimum atomic E-state index is -0.693. The molecule has 3 amide bonds. The van der Waals surface area contributed by atoms with E-state index in [0.29, 0.717) is 24.2 Å². The van der Waals surface area contributed by atoms with Crippen LogP contribution in [0.15, 0.2) is 36.4 Å². The zero-order valence-corrected chi connectivity index (χ0v) is 15.2. The first kappa shape index (κ1) is 18.8. The number of aryl methyl sites for hydroxylation is 1. The first-order chi connectivity index (χ1) is 12.8. The van der Waals surface area contributed by atoms with Crippen molar-refractivity contribution < 1.29 is 18.4 Å². The Kier molecular flexibility index (Phi) is 5.39. The maximum atomic E-state index is 13.3. The Bertz CT molecular complexity index is 865. The second-order valence-electron chi connectivity index (χ2n) is 6.67. The summed E-state index contributed by atoms with van der Waals surface area (Å²) in [6, 6.07) is 7.40. The molecular weight excluding hydrogens is 352 g/mol. The van der Waals surface area contributed by atoms with Crippen LogP contribution >= 0.6 is 0 Å². The van der Waals surface area contributed by atoms with Crippen LogP contribution in [0.2, 0.25) is 0 Å². The quantitative estimate of drug-likeness (QED) is 0.840. The minimum absolute atomic E-state index is 0.104. The highest BCUT2D eigenvalue weighted by atomic mass is 19.1. The first-order valence-electron chi connectivity index (χ1n) is 8.78. The van der Waals surface area contributed by atoms with Crippen LogP contribution in [-0.4, -0.2) is 18.5 Å². The van der Waals surface area contributed by atoms with Crippen molar-refractivity contribution >= 4 is 23.3 Å². The maximum absolute atomic E-state index is 13.3. The molecule has 0 bridgehead atoms. The lowest BCUT2D eigenvalue weighted by Crippen LogP contribution is -2.31. The number of carbonyl (C=O) groups is 2. The molecule has 0 aliphatic carbocycles. The van der Waals surface area contributed by atoms with E-state index < -0.39 is 23.7 Å². The van der Waals surface area contributed by atoms with Crippen LogP contribution in [0.1, 0.15) is 36.9 Å². The number of rotatable bonds is 4. The van der Waals surface area contributed by atoms with E-state index in [9.17, 15) is 18.4 Å². The third kappa shape index (κ3) is 4.42. The largest absolute Gasteiger partial charge is 0.331 e. The summed E-state index contributed by atoms with van der Waals surface area (Å²) in [7, 11) is 0. The molecule has 1 heterocycles. The fourth-order valence-corrected chi connectivity index (χ4v) is 3.21. The number of hydrogen-bond donors (Lipinski definition) is 2. The third-order valence-electron chi connectivity index (χ3n) is 4.55. The monoisotopic (exact) mass is 373 g/mol. The number of halogens is 2. The summed E-state index contributed by atoms with van der Waals surface area (Å²) in [4.78, 5) is 25.8. The van der Waals surface area contributed by atoms with Gasteiger partial charge in [-0.1, -0.05) is 0 Å². The van der Waals surface area contributed by atoms with Crippen molar-refractivity contribution in [3.05, 3.63) is 59.2 Å². The molecule has 0 radical (unpaired) electrons. The van der Waals surface area contributed by atoms with E-state index in [-0.39, 0.29) is 5.91 Å². The van der Waals surface area contributed by atoms with Gasteiger partial charge in [0.2, 0.25) is 5.91 Å². The summed E-state index contributed by atoms with van der Waals surface area (Å²) in [6.07, 6.45) is 1.40. The highest BCUT2D eigenvalue weighted by Gasteiger charge is 2.23. The number of urea groups is 1. The standard InChI is InChI=1S/C20H21F2N3O2/c1-12-8-17(5-6-18(12)25-7-3-4-19(25)26)24-20(27)23-13(2)14-9-15(21)11-16(22)10-14/h5-6,8-11,13H,3-4,7H2,1-2H3,(H2,23,24,27)/t13-/m1/s1. The third-order valence-corrected chi connectivity index (χ3v) is 4.55. The van der Waals surface area contributed by atoms with Crippen molar-refractivity contribution in [2.24, 2.45) is 0 Å². The molecule has 0 saturated carbocycles. The SMILES string of the molecule is Cc1cc(NC(=O)N[C@H](C)c2cc(F)cc(F)c2)ccc1N1CCCC1=O. The second kappa shape index (κ2) is 7.73. The van der Waals surface area contributed by atoms with E-state index in [1.807, 2.05) is 6.92 Å². The molecule has 0 spiro atoms. The highest BCUT2D eigenvalue weighted by Crippen LogP contribution is 2.27. The van der Waals surface area contributed by atoms with E-state index in [4.69, 9.17) is 0 Å². The topological polar surface area (TPSA) is 61.4 Å². The van der Waals surface area contributed by atoms with Gasteiger partial charge >= 0.3 is 6.03 Å². The molecule has 1 saturated heterocycles. The number of anilines is 2. The van der Waals surface area contributed by atoms with Crippen LogP contribution in [-0.2, 0) is 4.79 Å². The molecular formula is C20H21F2N3O2. The number of amides is 3. The predicted molar refractivity (Wildman–Crippen MR) is 99.7 cm³/mol. The molecule has 1 atom stereocenters. The van der Waals surface area contributed by atoms with Crippen molar-refractivity contribution in [1.29, 1.82) is 0 Å². The van der Waals surface area contributed by atoms with Crippen molar-refractivity contribution in [3.8, 4) is 0 Å². The van der Waals surface area contributed by atoms with Gasteiger partial charge in [0.25, 0.3) is 0 Å². The van der Waals surface area contributed by atoms with E-state index in [1.54, 1.807) is 30.0 Å². The zero-order chi connectivity index (χ0) is 19.6. The summed E-state index contributed by atoms with van der Waals surface area (Å²) in [5, 5.41) is 5.35. The Morgan fingerprint density at radius 1 is 1.15 bits per heavy atom. The molecule has 2 aromatic rings. The lowest BCUT2D eigenvalue weighted by molar-refractivity contribution is -0.117. The van der Waals surface area contributed by atoms with Gasteiger partial charge in [0.05, 0.1) is 6.04 Å². The van der Waals surface area contributed by atoms with Gasteiger partial charge in [-0.15, -0.1) is 0 Å². The van der Waals surface area contributed by atoms with Gasteiger partial charge in [0.1, 0.15) is 11.6 Å². The summed E-state index contributed by atoms with van der Waals surface area (Å²) in [6.45, 7) is 4.22. The molecule has 5 nitrogen and oxygen atoms in total. The number of hydrogen-bond acceptors (Lipinski definition) is 2. The van der Waals surface area contributed by atoms with E-state index >= 15 is 0 Å². The fourth-order valence-electron chi connectivity index (χ4n) is 3.21. The fraction of sp³-hybridized carbons (Fsp3) is 0.300. The van der Waals surface area contributed by atoms with Crippen LogP contribution in [0.25, 0.3) is 0 Å². The highest BCUT2D eigenvalue weighted by molar-refractivity contribution is 5.96. The Morgan fingerprint density at radius 2 is 1.85 bits per heavy atom. The molecule has 1 aliphatic heterocycles. The molecule has 3 rings (SSSR count). The van der Waals surface area contributed by atoms with Gasteiger partial charge in [0.15, 0.2) is 0 Å². The lowest BCUT2D eigenvalue weighted by Gasteiger charge is -2.20. The van der Waals surface area contributed by atoms with Gasteiger partial charge in [-0.25, -0.2) is 13.6 Å². The Balaban J connectivity index is 1.65. The predicted octanol–water partition coefficient (Wildman–Crippen LogP) is 4.28. The number of carbonyl (C=O) groups excluding carboxylic acids is 2. The number of nitrogens with zero attached hydrogens (tertiary/aromatic N) is 1. The zero-order valence-electron chi connectivity index (χ0n) is 15.2. The van der Waals surface area contributed by atoms with Crippen LogP contribution < -0.4 is 15.5 Å². The molecule has 142 valence electrons. The Hall–Kier alpha value is -2.96. The van der Waals surface area contributed by atoms with Gasteiger partial charge in [-0.05, 0) is 61.7 Å². The molecule has 2 N–H and O–H groups in total. The molecule has 0 unspecified atom stereocenters. The van der Waals surface area contributed by atoms with E-state index in [2.05, 4.69) is 10.6 Å². The smallest absolute Gasteiger partial charge is 0.319 e. The van der Waals surface area contributed by atoms with Crippen molar-refractivity contribution in [2.45, 2.75) is 32.7 Å². The molecule has 1 fully saturated rings. The summed E-state index contributed by atoms with van der Waals surface area (Å²) in [5.74, 6) is -1.28. The van der Waals surface area contributed by atoms with E-state index in [0.717, 1.165) is 23.7 Å². The van der Waals surface area contributed by atoms with Gasteiger partial charge in [-0.2, -0.15) is 0 Å². The molecule has 7 heteroatoms. The van der Waals surface area contributed by atoms with Crippen molar-refractivity contribution in [2.75, 3.05) is 16.8 Å². The maximum Gasteiger partial charge on any atom is 0.319 e. The Labute approximate surface area is 156 Å². The van der Waals surface area contributed by atoms with Crippen molar-refractivity contribution in [3.63, 3.8) is 0 Å². The summed E-state index contributed by atoms with van der Waals surface area (Å²) in [5.41, 5.74) is 2.62. The summed E-state index contributed by atoms with van der Waals surface area (Å²) >= 11 is 0. The second-order valence-corrected chi connectivity index (χ2v) is 6.67. The normalized spacial score (nSPS) is 15.0. The Morgan fingerprint density at radius 3 is 2.44 bits per heavy atom. The van der Waals surface area contributed by atoms with Crippen LogP contribution in [0, 0.1) is 18.6 Å². The van der Waals surface area contributed by atoms with Crippen LogP contribution in [0.5, 0.6) is 0 Å². The number of nitrogens with one attached hydrogen (secondary N) is 2. The average molecular weight is 373 g/mol. The molecule has 1 aliphatic rings. The summed E-state index contributed by atoms with van der Waals surface area (Å²) < 4.78 is 26.6. The number of benzene rings is 2. The van der Waals surface area contributed by atoms with Gasteiger partial charge < -0.3 is 15.5 Å². The van der Waals surface area contributed by atoms with Gasteiger partial charge in [0, 0.05) is 30.4 Å². The first-order valence-corrected chi connectivity index (χ1v) is 8.78. The van der Waals surface area contributed by atoms with E-state index in [1.165, 1.54) is 12.1 Å².